The van der Waals surface area contributed by atoms with Gasteiger partial charge in [-0.05, 0) is 43.4 Å². The number of thioether (sulfide) groups is 1. The summed E-state index contributed by atoms with van der Waals surface area (Å²) in [5.74, 6) is -0.193. The van der Waals surface area contributed by atoms with Crippen LogP contribution in [0.3, 0.4) is 0 Å². The average Bonchev–Trinajstić information content (AvgIpc) is 3.24. The fourth-order valence-corrected chi connectivity index (χ4v) is 5.18. The summed E-state index contributed by atoms with van der Waals surface area (Å²) in [6.45, 7) is 0. The van der Waals surface area contributed by atoms with E-state index in [9.17, 15) is 14.4 Å². The number of H-pyrrole nitrogens is 1. The Labute approximate surface area is 175 Å². The fourth-order valence-electron chi connectivity index (χ4n) is 3.33. The van der Waals surface area contributed by atoms with Gasteiger partial charge in [-0.3, -0.25) is 9.89 Å². The number of benzene rings is 1. The molecule has 29 heavy (non-hydrogen) atoms. The zero-order chi connectivity index (χ0) is 20.2. The van der Waals surface area contributed by atoms with Crippen molar-refractivity contribution in [3.8, 4) is 17.5 Å². The molecule has 0 unspecified atom stereocenters. The number of nitriles is 1. The molecule has 1 aliphatic carbocycles. The van der Waals surface area contributed by atoms with Gasteiger partial charge in [-0.15, -0.1) is 16.4 Å². The van der Waals surface area contributed by atoms with Gasteiger partial charge in [0.2, 0.25) is 11.1 Å². The van der Waals surface area contributed by atoms with Crippen molar-refractivity contribution < 1.29 is 9.18 Å². The number of carbonyl (C=O) groups excluding carboxylic acids is 1. The normalized spacial score (nSPS) is 13.4. The molecule has 2 heterocycles. The molecule has 0 atom stereocenters. The van der Waals surface area contributed by atoms with Gasteiger partial charge >= 0.3 is 0 Å². The molecule has 1 amide bonds. The highest BCUT2D eigenvalue weighted by atomic mass is 32.2. The third-order valence-corrected chi connectivity index (χ3v) is 6.77. The molecule has 1 aliphatic rings. The number of aromatic nitrogens is 3. The number of halogens is 1. The van der Waals surface area contributed by atoms with Crippen LogP contribution in [-0.2, 0) is 17.6 Å². The number of aromatic amines is 1. The molecule has 0 spiro atoms. The van der Waals surface area contributed by atoms with E-state index in [1.54, 1.807) is 18.2 Å². The second-order valence-corrected chi connectivity index (χ2v) is 8.71. The highest BCUT2D eigenvalue weighted by Gasteiger charge is 2.21. The standard InChI is InChI=1S/C20H18FN5OS2/c21-15-8-5-4-7-13(15)18-24-20(26-25-18)28-11-17(27)23-19-14(10-22)12-6-2-1-3-9-16(12)29-19/h4-5,7-8H,1-3,6,9,11H2,(H,23,27)(H,24,25,26). The molecule has 4 rings (SSSR count). The minimum absolute atomic E-state index is 0.0992. The summed E-state index contributed by atoms with van der Waals surface area (Å²) >= 11 is 2.66. The summed E-state index contributed by atoms with van der Waals surface area (Å²) in [6, 6.07) is 8.55. The third kappa shape index (κ3) is 4.33. The number of hydrogen-bond donors (Lipinski definition) is 2. The number of nitrogens with zero attached hydrogens (tertiary/aromatic N) is 3. The number of thiophene rings is 1. The second-order valence-electron chi connectivity index (χ2n) is 6.66. The molecule has 3 aromatic rings. The van der Waals surface area contributed by atoms with Crippen molar-refractivity contribution in [2.75, 3.05) is 11.1 Å². The number of aryl methyl sites for hydroxylation is 1. The molecule has 148 valence electrons. The molecule has 1 aromatic carbocycles. The Hall–Kier alpha value is -2.70. The largest absolute Gasteiger partial charge is 0.316 e. The molecular formula is C20H18FN5OS2. The highest BCUT2D eigenvalue weighted by Crippen LogP contribution is 2.37. The van der Waals surface area contributed by atoms with E-state index in [1.165, 1.54) is 28.7 Å². The molecule has 9 heteroatoms. The van der Waals surface area contributed by atoms with Crippen LogP contribution in [0.2, 0.25) is 0 Å². The lowest BCUT2D eigenvalue weighted by Crippen LogP contribution is -2.14. The Balaban J connectivity index is 1.40. The van der Waals surface area contributed by atoms with Crippen molar-refractivity contribution in [3.05, 3.63) is 46.1 Å². The monoisotopic (exact) mass is 427 g/mol. The number of hydrogen-bond acceptors (Lipinski definition) is 6. The van der Waals surface area contributed by atoms with Gasteiger partial charge in [0.05, 0.1) is 16.9 Å². The van der Waals surface area contributed by atoms with E-state index >= 15 is 0 Å². The lowest BCUT2D eigenvalue weighted by Gasteiger charge is -2.03. The summed E-state index contributed by atoms with van der Waals surface area (Å²) in [4.78, 5) is 17.9. The molecule has 6 nitrogen and oxygen atoms in total. The first-order valence-electron chi connectivity index (χ1n) is 9.30. The summed E-state index contributed by atoms with van der Waals surface area (Å²) in [7, 11) is 0. The summed E-state index contributed by atoms with van der Waals surface area (Å²) in [6.07, 6.45) is 5.24. The molecular weight excluding hydrogens is 409 g/mol. The van der Waals surface area contributed by atoms with Crippen molar-refractivity contribution in [1.82, 2.24) is 15.2 Å². The topological polar surface area (TPSA) is 94.5 Å². The maximum Gasteiger partial charge on any atom is 0.235 e. The van der Waals surface area contributed by atoms with Crippen LogP contribution in [-0.4, -0.2) is 26.8 Å². The predicted molar refractivity (Wildman–Crippen MR) is 111 cm³/mol. The molecule has 2 N–H and O–H groups in total. The molecule has 0 bridgehead atoms. The van der Waals surface area contributed by atoms with Gasteiger partial charge in [0, 0.05) is 4.88 Å². The summed E-state index contributed by atoms with van der Waals surface area (Å²) < 4.78 is 13.9. The first-order chi connectivity index (χ1) is 14.2. The Morgan fingerprint density at radius 1 is 1.31 bits per heavy atom. The van der Waals surface area contributed by atoms with Crippen molar-refractivity contribution in [3.63, 3.8) is 0 Å². The van der Waals surface area contributed by atoms with Crippen LogP contribution in [0.4, 0.5) is 9.39 Å². The SMILES string of the molecule is N#Cc1c(NC(=O)CSc2n[nH]c(-c3ccccc3F)n2)sc2c1CCCCC2. The Bertz CT molecular complexity index is 1080. The van der Waals surface area contributed by atoms with Crippen molar-refractivity contribution in [2.45, 2.75) is 37.3 Å². The van der Waals surface area contributed by atoms with Crippen LogP contribution in [0.1, 0.15) is 35.3 Å². The van der Waals surface area contributed by atoms with Crippen molar-refractivity contribution >= 4 is 34.0 Å². The third-order valence-electron chi connectivity index (χ3n) is 4.71. The molecule has 2 aromatic heterocycles. The lowest BCUT2D eigenvalue weighted by atomic mass is 10.1. The van der Waals surface area contributed by atoms with Crippen LogP contribution < -0.4 is 5.32 Å². The van der Waals surface area contributed by atoms with Gasteiger partial charge in [-0.25, -0.2) is 9.37 Å². The van der Waals surface area contributed by atoms with Crippen LogP contribution >= 0.6 is 23.1 Å². The minimum Gasteiger partial charge on any atom is -0.316 e. The minimum atomic E-state index is -0.389. The van der Waals surface area contributed by atoms with E-state index in [4.69, 9.17) is 0 Å². The number of rotatable bonds is 5. The fraction of sp³-hybridized carbons (Fsp3) is 0.300. The van der Waals surface area contributed by atoms with Crippen molar-refractivity contribution in [2.24, 2.45) is 0 Å². The zero-order valence-corrected chi connectivity index (χ0v) is 17.1. The van der Waals surface area contributed by atoms with E-state index in [1.807, 2.05) is 0 Å². The van der Waals surface area contributed by atoms with Crippen LogP contribution in [0.5, 0.6) is 0 Å². The highest BCUT2D eigenvalue weighted by molar-refractivity contribution is 7.99. The molecule has 0 radical (unpaired) electrons. The van der Waals surface area contributed by atoms with E-state index in [-0.39, 0.29) is 17.5 Å². The molecule has 0 aliphatic heterocycles. The summed E-state index contributed by atoms with van der Waals surface area (Å²) in [5.41, 5.74) is 2.03. The van der Waals surface area contributed by atoms with Crippen LogP contribution in [0.15, 0.2) is 29.4 Å². The Morgan fingerprint density at radius 3 is 2.97 bits per heavy atom. The van der Waals surface area contributed by atoms with Gasteiger partial charge < -0.3 is 5.32 Å². The first kappa shape index (κ1) is 19.6. The number of carbonyl (C=O) groups is 1. The van der Waals surface area contributed by atoms with E-state index < -0.39 is 0 Å². The van der Waals surface area contributed by atoms with Gasteiger partial charge in [0.15, 0.2) is 5.82 Å². The maximum absolute atomic E-state index is 13.9. The quantitative estimate of drug-likeness (QED) is 0.460. The summed E-state index contributed by atoms with van der Waals surface area (Å²) in [5, 5.41) is 20.2. The van der Waals surface area contributed by atoms with E-state index in [2.05, 4.69) is 26.6 Å². The zero-order valence-electron chi connectivity index (χ0n) is 15.5. The Morgan fingerprint density at radius 2 is 2.14 bits per heavy atom. The molecule has 0 saturated heterocycles. The lowest BCUT2D eigenvalue weighted by molar-refractivity contribution is -0.113. The van der Waals surface area contributed by atoms with Gasteiger partial charge in [-0.2, -0.15) is 5.26 Å². The van der Waals surface area contributed by atoms with E-state index in [0.717, 1.165) is 43.0 Å². The number of anilines is 1. The van der Waals surface area contributed by atoms with Crippen LogP contribution in [0, 0.1) is 17.1 Å². The number of nitrogens with one attached hydrogen (secondary N) is 2. The smallest absolute Gasteiger partial charge is 0.235 e. The number of fused-ring (bicyclic) bond motifs is 1. The van der Waals surface area contributed by atoms with Crippen LogP contribution in [0.25, 0.3) is 11.4 Å². The molecule has 0 saturated carbocycles. The average molecular weight is 428 g/mol. The number of amides is 1. The van der Waals surface area contributed by atoms with Gasteiger partial charge in [0.1, 0.15) is 16.9 Å². The maximum atomic E-state index is 13.9. The Kier molecular flexibility index (Phi) is 5.92. The van der Waals surface area contributed by atoms with Gasteiger partial charge in [0.25, 0.3) is 0 Å². The van der Waals surface area contributed by atoms with Gasteiger partial charge in [-0.1, -0.05) is 30.3 Å². The van der Waals surface area contributed by atoms with Crippen molar-refractivity contribution in [1.29, 1.82) is 5.26 Å². The predicted octanol–water partition coefficient (Wildman–Crippen LogP) is 4.54. The first-order valence-corrected chi connectivity index (χ1v) is 11.1. The second kappa shape index (κ2) is 8.76. The molecule has 0 fully saturated rings. The van der Waals surface area contributed by atoms with E-state index in [0.29, 0.717) is 27.1 Å².